The molecule has 0 unspecified atom stereocenters. The Morgan fingerprint density at radius 2 is 1.81 bits per heavy atom. The summed E-state index contributed by atoms with van der Waals surface area (Å²) in [5.41, 5.74) is -0.699. The van der Waals surface area contributed by atoms with Gasteiger partial charge in [0.05, 0.1) is 16.1 Å². The molecule has 4 nitrogen and oxygen atoms in total. The van der Waals surface area contributed by atoms with Crippen LogP contribution in [0, 0.1) is 5.82 Å². The number of amides is 1. The third-order valence-corrected chi connectivity index (χ3v) is 5.14. The molecule has 1 aromatic heterocycles. The van der Waals surface area contributed by atoms with Gasteiger partial charge in [-0.3, -0.25) is 4.79 Å². The normalized spacial score (nSPS) is 15.2. The van der Waals surface area contributed by atoms with Crippen LogP contribution in [0.25, 0.3) is 0 Å². The fourth-order valence-corrected chi connectivity index (χ4v) is 3.47. The van der Waals surface area contributed by atoms with Gasteiger partial charge in [0.2, 0.25) is 0 Å². The maximum Gasteiger partial charge on any atom is 0.417 e. The van der Waals surface area contributed by atoms with Gasteiger partial charge in [-0.25, -0.2) is 9.37 Å². The van der Waals surface area contributed by atoms with E-state index < -0.39 is 17.6 Å². The highest BCUT2D eigenvalue weighted by Gasteiger charge is 2.32. The second-order valence-electron chi connectivity index (χ2n) is 5.93. The van der Waals surface area contributed by atoms with Gasteiger partial charge in [0, 0.05) is 36.8 Å². The number of pyridine rings is 1. The van der Waals surface area contributed by atoms with E-state index in [9.17, 15) is 22.4 Å². The van der Waals surface area contributed by atoms with Crippen LogP contribution < -0.4 is 4.90 Å². The molecule has 0 atom stereocenters. The number of carbonyl (C=O) groups excluding carboxylic acids is 1. The Morgan fingerprint density at radius 1 is 1.15 bits per heavy atom. The Bertz CT molecular complexity index is 870. The van der Waals surface area contributed by atoms with Gasteiger partial charge in [-0.15, -0.1) is 0 Å². The lowest BCUT2D eigenvalue weighted by molar-refractivity contribution is -0.137. The number of hydrogen-bond acceptors (Lipinski definition) is 3. The highest BCUT2D eigenvalue weighted by atomic mass is 79.9. The summed E-state index contributed by atoms with van der Waals surface area (Å²) < 4.78 is 52.1. The van der Waals surface area contributed by atoms with Crippen LogP contribution in [0.2, 0.25) is 5.02 Å². The van der Waals surface area contributed by atoms with Crippen molar-refractivity contribution in [2.45, 2.75) is 6.18 Å². The summed E-state index contributed by atoms with van der Waals surface area (Å²) in [6.07, 6.45) is -3.78. The third kappa shape index (κ3) is 4.35. The molecule has 1 saturated heterocycles. The number of anilines is 1. The zero-order valence-corrected chi connectivity index (χ0v) is 16.1. The number of nitrogens with zero attached hydrogens (tertiary/aromatic N) is 3. The summed E-state index contributed by atoms with van der Waals surface area (Å²) in [7, 11) is 0. The lowest BCUT2D eigenvalue weighted by Crippen LogP contribution is -2.49. The summed E-state index contributed by atoms with van der Waals surface area (Å²) in [5.74, 6) is -0.600. The van der Waals surface area contributed by atoms with Crippen molar-refractivity contribution in [1.29, 1.82) is 0 Å². The standard InChI is InChI=1S/C17H13BrClF4N3O/c18-13-2-1-11(20)8-12(13)16(27)26-5-3-25(4-6-26)15-14(19)7-10(9-24-15)17(21,22)23/h1-2,7-9H,3-6H2. The molecule has 144 valence electrons. The highest BCUT2D eigenvalue weighted by Crippen LogP contribution is 2.33. The first-order chi connectivity index (χ1) is 12.7. The molecule has 1 aromatic carbocycles. The molecule has 1 aliphatic rings. The average Bonchev–Trinajstić information content (AvgIpc) is 2.62. The molecule has 0 bridgehead atoms. The van der Waals surface area contributed by atoms with Crippen molar-refractivity contribution in [3.8, 4) is 0 Å². The largest absolute Gasteiger partial charge is 0.417 e. The number of rotatable bonds is 2. The van der Waals surface area contributed by atoms with Crippen molar-refractivity contribution in [3.05, 3.63) is 56.9 Å². The van der Waals surface area contributed by atoms with E-state index >= 15 is 0 Å². The van der Waals surface area contributed by atoms with Crippen LogP contribution in [0.1, 0.15) is 15.9 Å². The summed E-state index contributed by atoms with van der Waals surface area (Å²) >= 11 is 9.20. The van der Waals surface area contributed by atoms with Crippen LogP contribution >= 0.6 is 27.5 Å². The van der Waals surface area contributed by atoms with E-state index in [2.05, 4.69) is 20.9 Å². The minimum Gasteiger partial charge on any atom is -0.352 e. The van der Waals surface area contributed by atoms with Gasteiger partial charge in [-0.2, -0.15) is 13.2 Å². The van der Waals surface area contributed by atoms with Crippen molar-refractivity contribution in [1.82, 2.24) is 9.88 Å². The number of piperazine rings is 1. The van der Waals surface area contributed by atoms with Crippen molar-refractivity contribution in [2.24, 2.45) is 0 Å². The van der Waals surface area contributed by atoms with E-state index in [1.165, 1.54) is 12.1 Å². The molecule has 0 saturated carbocycles. The number of carbonyl (C=O) groups is 1. The van der Waals surface area contributed by atoms with Crippen molar-refractivity contribution in [2.75, 3.05) is 31.1 Å². The second-order valence-corrected chi connectivity index (χ2v) is 7.19. The number of benzene rings is 1. The Balaban J connectivity index is 1.70. The molecule has 0 aliphatic carbocycles. The van der Waals surface area contributed by atoms with E-state index in [-0.39, 0.29) is 22.3 Å². The Morgan fingerprint density at radius 3 is 2.41 bits per heavy atom. The molecule has 1 amide bonds. The predicted octanol–water partition coefficient (Wildman–Crippen LogP) is 4.62. The number of hydrogen-bond donors (Lipinski definition) is 0. The molecule has 27 heavy (non-hydrogen) atoms. The van der Waals surface area contributed by atoms with E-state index in [4.69, 9.17) is 11.6 Å². The zero-order valence-electron chi connectivity index (χ0n) is 13.7. The summed E-state index contributed by atoms with van der Waals surface area (Å²) in [6.45, 7) is 1.30. The first-order valence-corrected chi connectivity index (χ1v) is 9.06. The molecule has 0 radical (unpaired) electrons. The lowest BCUT2D eigenvalue weighted by Gasteiger charge is -2.36. The molecule has 2 aromatic rings. The van der Waals surface area contributed by atoms with Crippen LogP contribution in [0.3, 0.4) is 0 Å². The molecule has 0 spiro atoms. The molecule has 3 rings (SSSR count). The van der Waals surface area contributed by atoms with Crippen LogP contribution in [0.15, 0.2) is 34.9 Å². The second kappa shape index (κ2) is 7.63. The zero-order chi connectivity index (χ0) is 19.8. The van der Waals surface area contributed by atoms with Gasteiger partial charge in [0.25, 0.3) is 5.91 Å². The minimum atomic E-state index is -4.52. The van der Waals surface area contributed by atoms with Crippen molar-refractivity contribution >= 4 is 39.3 Å². The summed E-state index contributed by atoms with van der Waals surface area (Å²) in [5, 5.41) is -0.0996. The Kier molecular flexibility index (Phi) is 5.62. The predicted molar refractivity (Wildman–Crippen MR) is 96.5 cm³/mol. The van der Waals surface area contributed by atoms with E-state index in [0.29, 0.717) is 30.7 Å². The fraction of sp³-hybridized carbons (Fsp3) is 0.294. The van der Waals surface area contributed by atoms with Gasteiger partial charge in [0.1, 0.15) is 11.6 Å². The SMILES string of the molecule is O=C(c1cc(F)ccc1Br)N1CCN(c2ncc(C(F)(F)F)cc2Cl)CC1. The first kappa shape index (κ1) is 19.9. The fourth-order valence-electron chi connectivity index (χ4n) is 2.77. The van der Waals surface area contributed by atoms with E-state index in [0.717, 1.165) is 18.3 Å². The molecule has 0 N–H and O–H groups in total. The maximum absolute atomic E-state index is 13.4. The van der Waals surface area contributed by atoms with Crippen molar-refractivity contribution < 1.29 is 22.4 Å². The van der Waals surface area contributed by atoms with Gasteiger partial charge in [-0.1, -0.05) is 11.6 Å². The van der Waals surface area contributed by atoms with Crippen LogP contribution in [-0.4, -0.2) is 42.0 Å². The molecule has 10 heteroatoms. The molecular weight excluding hydrogens is 454 g/mol. The average molecular weight is 467 g/mol. The Hall–Kier alpha value is -1.87. The smallest absolute Gasteiger partial charge is 0.352 e. The van der Waals surface area contributed by atoms with Crippen LogP contribution in [-0.2, 0) is 6.18 Å². The van der Waals surface area contributed by atoms with Gasteiger partial charge >= 0.3 is 6.18 Å². The molecule has 1 aliphatic heterocycles. The summed E-state index contributed by atoms with van der Waals surface area (Å²) in [6, 6.07) is 4.71. The van der Waals surface area contributed by atoms with E-state index in [1.807, 2.05) is 0 Å². The van der Waals surface area contributed by atoms with Gasteiger partial charge in [-0.05, 0) is 40.2 Å². The van der Waals surface area contributed by atoms with E-state index in [1.54, 1.807) is 9.80 Å². The van der Waals surface area contributed by atoms with Crippen LogP contribution in [0.4, 0.5) is 23.4 Å². The quantitative estimate of drug-likeness (QED) is 0.606. The lowest BCUT2D eigenvalue weighted by atomic mass is 10.1. The van der Waals surface area contributed by atoms with Crippen molar-refractivity contribution in [3.63, 3.8) is 0 Å². The molecule has 1 fully saturated rings. The Labute approximate surface area is 165 Å². The monoisotopic (exact) mass is 465 g/mol. The molecular formula is C17H13BrClF4N3O. The number of alkyl halides is 3. The highest BCUT2D eigenvalue weighted by molar-refractivity contribution is 9.10. The van der Waals surface area contributed by atoms with Gasteiger partial charge < -0.3 is 9.80 Å². The first-order valence-electron chi connectivity index (χ1n) is 7.89. The number of aromatic nitrogens is 1. The maximum atomic E-state index is 13.4. The van der Waals surface area contributed by atoms with Crippen LogP contribution in [0.5, 0.6) is 0 Å². The molecule has 2 heterocycles. The van der Waals surface area contributed by atoms with Gasteiger partial charge in [0.15, 0.2) is 0 Å². The number of halogens is 6. The third-order valence-electron chi connectivity index (χ3n) is 4.17. The topological polar surface area (TPSA) is 36.4 Å². The minimum absolute atomic E-state index is 0.0996. The summed E-state index contributed by atoms with van der Waals surface area (Å²) in [4.78, 5) is 19.7.